The minimum atomic E-state index is -0.153. The molecule has 90 valence electrons. The zero-order valence-corrected chi connectivity index (χ0v) is 11.0. The second-order valence-corrected chi connectivity index (χ2v) is 5.42. The summed E-state index contributed by atoms with van der Waals surface area (Å²) in [5.41, 5.74) is 0.138. The van der Waals surface area contributed by atoms with Crippen molar-refractivity contribution in [3.05, 3.63) is 23.5 Å². The Bertz CT molecular complexity index is 661. The average molecular weight is 258 g/mol. The van der Waals surface area contributed by atoms with Gasteiger partial charge in [0.25, 0.3) is 0 Å². The fourth-order valence-electron chi connectivity index (χ4n) is 1.30. The van der Waals surface area contributed by atoms with Gasteiger partial charge < -0.3 is 0 Å². The van der Waals surface area contributed by atoms with Gasteiger partial charge in [0.15, 0.2) is 11.4 Å². The molecule has 0 radical (unpaired) electrons. The molecule has 0 fully saturated rings. The fraction of sp³-hybridized carbons (Fsp3) is 0.364. The van der Waals surface area contributed by atoms with Gasteiger partial charge in [0.1, 0.15) is 24.3 Å². The van der Waals surface area contributed by atoms with Crippen LogP contribution in [-0.2, 0) is 5.41 Å². The molecule has 7 heteroatoms. The first-order chi connectivity index (χ1) is 8.47. The molecule has 0 saturated heterocycles. The van der Waals surface area contributed by atoms with Crippen LogP contribution in [0.4, 0.5) is 0 Å². The lowest BCUT2D eigenvalue weighted by Gasteiger charge is -2.12. The molecule has 2 rings (SSSR count). The molecule has 6 nitrogen and oxygen atoms in total. The van der Waals surface area contributed by atoms with Crippen LogP contribution >= 0.6 is 11.5 Å². The van der Waals surface area contributed by atoms with Crippen molar-refractivity contribution >= 4 is 11.5 Å². The van der Waals surface area contributed by atoms with Crippen LogP contribution in [0.15, 0.2) is 6.33 Å². The number of aromatic nitrogens is 4. The number of nitrogens with zero attached hydrogens (tertiary/aromatic N) is 6. The lowest BCUT2D eigenvalue weighted by molar-refractivity contribution is 0.553. The van der Waals surface area contributed by atoms with E-state index in [2.05, 4.69) is 14.3 Å². The molecular formula is C11H10N6S. The molecule has 0 atom stereocenters. The van der Waals surface area contributed by atoms with E-state index in [0.717, 1.165) is 0 Å². The summed E-state index contributed by atoms with van der Waals surface area (Å²) >= 11 is 1.18. The van der Waals surface area contributed by atoms with Crippen LogP contribution in [0.5, 0.6) is 0 Å². The zero-order chi connectivity index (χ0) is 13.3. The number of hydrogen-bond donors (Lipinski definition) is 0. The minimum Gasteiger partial charge on any atom is -0.263 e. The smallest absolute Gasteiger partial charge is 0.215 e. The SMILES string of the molecule is CC(C)(C)c1nsc(-n2cnc(C#N)c2C#N)n1. The van der Waals surface area contributed by atoms with E-state index in [0.29, 0.717) is 11.0 Å². The monoisotopic (exact) mass is 258 g/mol. The highest BCUT2D eigenvalue weighted by Crippen LogP contribution is 2.23. The van der Waals surface area contributed by atoms with Crippen molar-refractivity contribution in [2.75, 3.05) is 0 Å². The molecule has 0 aliphatic heterocycles. The molecule has 0 bridgehead atoms. The van der Waals surface area contributed by atoms with Gasteiger partial charge in [-0.05, 0) is 0 Å². The summed E-state index contributed by atoms with van der Waals surface area (Å²) < 4.78 is 5.76. The summed E-state index contributed by atoms with van der Waals surface area (Å²) in [6.07, 6.45) is 1.42. The first kappa shape index (κ1) is 12.2. The first-order valence-corrected chi connectivity index (χ1v) is 5.97. The highest BCUT2D eigenvalue weighted by Gasteiger charge is 2.21. The molecule has 0 N–H and O–H groups in total. The number of nitriles is 2. The van der Waals surface area contributed by atoms with E-state index < -0.39 is 0 Å². The molecule has 0 aromatic carbocycles. The predicted molar refractivity (Wildman–Crippen MR) is 65.2 cm³/mol. The van der Waals surface area contributed by atoms with Crippen molar-refractivity contribution in [2.24, 2.45) is 0 Å². The third kappa shape index (κ3) is 1.96. The predicted octanol–water partition coefficient (Wildman–Crippen LogP) is 1.76. The molecule has 2 heterocycles. The van der Waals surface area contributed by atoms with Crippen LogP contribution in [0, 0.1) is 22.7 Å². The van der Waals surface area contributed by atoms with Crippen LogP contribution < -0.4 is 0 Å². The third-order valence-corrected chi connectivity index (χ3v) is 2.99. The van der Waals surface area contributed by atoms with E-state index in [4.69, 9.17) is 10.5 Å². The summed E-state index contributed by atoms with van der Waals surface area (Å²) in [6, 6.07) is 3.83. The van der Waals surface area contributed by atoms with E-state index in [9.17, 15) is 0 Å². The third-order valence-electron chi connectivity index (χ3n) is 2.27. The maximum Gasteiger partial charge on any atom is 0.215 e. The Hall–Kier alpha value is -2.25. The topological polar surface area (TPSA) is 91.2 Å². The number of imidazole rings is 1. The van der Waals surface area contributed by atoms with Gasteiger partial charge in [0.05, 0.1) is 0 Å². The summed E-state index contributed by atoms with van der Waals surface area (Å²) in [5.74, 6) is 0.707. The van der Waals surface area contributed by atoms with Gasteiger partial charge in [0.2, 0.25) is 5.13 Å². The van der Waals surface area contributed by atoms with Gasteiger partial charge in [-0.15, -0.1) is 0 Å². The second-order valence-electron chi connectivity index (χ2n) is 4.69. The lowest BCUT2D eigenvalue weighted by Crippen LogP contribution is -2.13. The Balaban J connectivity index is 2.52. The molecule has 2 aromatic rings. The van der Waals surface area contributed by atoms with Gasteiger partial charge >= 0.3 is 0 Å². The standard InChI is InChI=1S/C11H10N6S/c1-11(2,3)9-15-10(18-16-9)17-6-14-7(4-12)8(17)5-13/h6H,1-3H3. The summed E-state index contributed by atoms with van der Waals surface area (Å²) in [7, 11) is 0. The van der Waals surface area contributed by atoms with Crippen molar-refractivity contribution in [3.63, 3.8) is 0 Å². The molecular weight excluding hydrogens is 248 g/mol. The molecule has 0 amide bonds. The van der Waals surface area contributed by atoms with E-state index in [1.165, 1.54) is 22.4 Å². The van der Waals surface area contributed by atoms with Crippen molar-refractivity contribution in [1.29, 1.82) is 10.5 Å². The maximum absolute atomic E-state index is 9.04. The number of rotatable bonds is 1. The van der Waals surface area contributed by atoms with Crippen molar-refractivity contribution < 1.29 is 0 Å². The first-order valence-electron chi connectivity index (χ1n) is 5.19. The van der Waals surface area contributed by atoms with Gasteiger partial charge in [-0.2, -0.15) is 14.9 Å². The van der Waals surface area contributed by atoms with Crippen LogP contribution in [0.1, 0.15) is 38.0 Å². The molecule has 2 aromatic heterocycles. The van der Waals surface area contributed by atoms with Crippen molar-refractivity contribution in [1.82, 2.24) is 18.9 Å². The Morgan fingerprint density at radius 1 is 1.28 bits per heavy atom. The Morgan fingerprint density at radius 3 is 2.50 bits per heavy atom. The van der Waals surface area contributed by atoms with Crippen LogP contribution in [-0.4, -0.2) is 18.9 Å². The van der Waals surface area contributed by atoms with Crippen molar-refractivity contribution in [3.8, 4) is 17.3 Å². The van der Waals surface area contributed by atoms with E-state index in [1.54, 1.807) is 0 Å². The summed E-state index contributed by atoms with van der Waals surface area (Å²) in [6.45, 7) is 6.04. The van der Waals surface area contributed by atoms with Gasteiger partial charge in [-0.1, -0.05) is 20.8 Å². The van der Waals surface area contributed by atoms with Crippen LogP contribution in [0.3, 0.4) is 0 Å². The second kappa shape index (κ2) is 4.21. The highest BCUT2D eigenvalue weighted by atomic mass is 32.1. The van der Waals surface area contributed by atoms with Gasteiger partial charge in [-0.25, -0.2) is 9.97 Å². The molecule has 0 unspecified atom stereocenters. The highest BCUT2D eigenvalue weighted by molar-refractivity contribution is 7.08. The molecule has 0 spiro atoms. The maximum atomic E-state index is 9.04. The number of hydrogen-bond acceptors (Lipinski definition) is 6. The van der Waals surface area contributed by atoms with Gasteiger partial charge in [-0.3, -0.25) is 4.57 Å². The van der Waals surface area contributed by atoms with Crippen LogP contribution in [0.2, 0.25) is 0 Å². The Kier molecular flexibility index (Phi) is 2.85. The molecule has 0 saturated carbocycles. The normalized spacial score (nSPS) is 10.9. The Labute approximate surface area is 108 Å². The minimum absolute atomic E-state index is 0.102. The van der Waals surface area contributed by atoms with E-state index in [-0.39, 0.29) is 16.8 Å². The van der Waals surface area contributed by atoms with Gasteiger partial charge in [0, 0.05) is 16.9 Å². The fourth-order valence-corrected chi connectivity index (χ4v) is 2.14. The van der Waals surface area contributed by atoms with E-state index >= 15 is 0 Å². The molecule has 0 aliphatic rings. The van der Waals surface area contributed by atoms with Crippen LogP contribution in [0.25, 0.3) is 5.13 Å². The molecule has 18 heavy (non-hydrogen) atoms. The quantitative estimate of drug-likeness (QED) is 0.777. The lowest BCUT2D eigenvalue weighted by atomic mass is 9.96. The van der Waals surface area contributed by atoms with Crippen molar-refractivity contribution in [2.45, 2.75) is 26.2 Å². The molecule has 0 aliphatic carbocycles. The summed E-state index contributed by atoms with van der Waals surface area (Å²) in [4.78, 5) is 8.25. The van der Waals surface area contributed by atoms with E-state index in [1.807, 2.05) is 32.9 Å². The zero-order valence-electron chi connectivity index (χ0n) is 10.2. The Morgan fingerprint density at radius 2 is 2.00 bits per heavy atom. The summed E-state index contributed by atoms with van der Waals surface area (Å²) in [5, 5.41) is 18.4. The largest absolute Gasteiger partial charge is 0.263 e. The average Bonchev–Trinajstić information content (AvgIpc) is 2.93.